The fourth-order valence-corrected chi connectivity index (χ4v) is 3.17. The van der Waals surface area contributed by atoms with Crippen LogP contribution in [0.1, 0.15) is 23.0 Å². The van der Waals surface area contributed by atoms with Gasteiger partial charge in [0.1, 0.15) is 5.03 Å². The summed E-state index contributed by atoms with van der Waals surface area (Å²) in [5.41, 5.74) is 7.59. The average molecular weight is 295 g/mol. The van der Waals surface area contributed by atoms with E-state index in [1.807, 2.05) is 12.3 Å². The van der Waals surface area contributed by atoms with E-state index in [1.54, 1.807) is 19.2 Å². The molecule has 0 radical (unpaired) electrons. The fraction of sp³-hybridized carbons (Fsp3) is 0.250. The average Bonchev–Trinajstić information content (AvgIpc) is 2.78. The molecular weight excluding hydrogens is 282 g/mol. The number of nitrogen functional groups attached to an aromatic ring is 1. The van der Waals surface area contributed by atoms with Gasteiger partial charge < -0.3 is 10.5 Å². The minimum atomic E-state index is -0.431. The topological polar surface area (TPSA) is 78.1 Å². The molecule has 0 aromatic carbocycles. The van der Waals surface area contributed by atoms with Gasteiger partial charge in [0.05, 0.1) is 17.9 Å². The number of anilines is 1. The number of nitrogens with zero attached hydrogens (tertiary/aromatic N) is 2. The van der Waals surface area contributed by atoms with Crippen LogP contribution in [0.15, 0.2) is 27.0 Å². The van der Waals surface area contributed by atoms with Crippen molar-refractivity contribution in [2.45, 2.75) is 23.2 Å². The van der Waals surface area contributed by atoms with Gasteiger partial charge in [-0.15, -0.1) is 11.3 Å². The van der Waals surface area contributed by atoms with Crippen molar-refractivity contribution in [1.82, 2.24) is 9.97 Å². The van der Waals surface area contributed by atoms with Crippen molar-refractivity contribution in [3.63, 3.8) is 0 Å². The van der Waals surface area contributed by atoms with Crippen LogP contribution in [0.5, 0.6) is 0 Å². The Kier molecular flexibility index (Phi) is 4.39. The normalized spacial score (nSPS) is 10.4. The maximum absolute atomic E-state index is 11.7. The van der Waals surface area contributed by atoms with E-state index < -0.39 is 5.97 Å². The molecule has 0 saturated heterocycles. The smallest absolute Gasteiger partial charge is 0.340 e. The van der Waals surface area contributed by atoms with Crippen LogP contribution in [0, 0.1) is 6.92 Å². The Morgan fingerprint density at radius 1 is 1.58 bits per heavy atom. The molecule has 0 aliphatic carbocycles. The predicted molar refractivity (Wildman–Crippen MR) is 75.6 cm³/mol. The van der Waals surface area contributed by atoms with Crippen molar-refractivity contribution < 1.29 is 9.53 Å². The monoisotopic (exact) mass is 295 g/mol. The van der Waals surface area contributed by atoms with Crippen molar-refractivity contribution in [1.29, 1.82) is 0 Å². The van der Waals surface area contributed by atoms with Crippen LogP contribution < -0.4 is 5.73 Å². The van der Waals surface area contributed by atoms with Crippen molar-refractivity contribution in [2.24, 2.45) is 0 Å². The molecule has 5 nitrogen and oxygen atoms in total. The van der Waals surface area contributed by atoms with Gasteiger partial charge in [-0.3, -0.25) is 0 Å². The quantitative estimate of drug-likeness (QED) is 0.874. The molecule has 0 atom stereocenters. The molecule has 19 heavy (non-hydrogen) atoms. The molecule has 0 amide bonds. The van der Waals surface area contributed by atoms with E-state index in [2.05, 4.69) is 9.97 Å². The van der Waals surface area contributed by atoms with Gasteiger partial charge in [0.25, 0.3) is 0 Å². The number of thiazole rings is 1. The Balaban J connectivity index is 2.27. The zero-order chi connectivity index (χ0) is 13.8. The van der Waals surface area contributed by atoms with Gasteiger partial charge in [0.15, 0.2) is 4.34 Å². The highest BCUT2D eigenvalue weighted by Crippen LogP contribution is 2.33. The molecule has 0 aliphatic heterocycles. The van der Waals surface area contributed by atoms with Crippen molar-refractivity contribution in [2.75, 3.05) is 12.3 Å². The summed E-state index contributed by atoms with van der Waals surface area (Å²) in [7, 11) is 0. The molecule has 7 heteroatoms. The standard InChI is InChI=1S/C12H13N3O2S2/c1-3-17-11(16)8-4-5-14-10(9(8)13)19-12-15-7(2)6-18-12/h4-6H,3,13H2,1-2H3. The lowest BCUT2D eigenvalue weighted by molar-refractivity contribution is 0.0527. The number of carbonyl (C=O) groups excluding carboxylic acids is 1. The fourth-order valence-electron chi connectivity index (χ4n) is 1.38. The third-order valence-corrected chi connectivity index (χ3v) is 4.31. The van der Waals surface area contributed by atoms with E-state index >= 15 is 0 Å². The van der Waals surface area contributed by atoms with Crippen LogP contribution >= 0.6 is 23.1 Å². The Bertz CT molecular complexity index is 598. The van der Waals surface area contributed by atoms with Crippen LogP contribution in [0.4, 0.5) is 5.69 Å². The van der Waals surface area contributed by atoms with Gasteiger partial charge in [-0.25, -0.2) is 14.8 Å². The summed E-state index contributed by atoms with van der Waals surface area (Å²) in [6.45, 7) is 3.99. The number of hydrogen-bond acceptors (Lipinski definition) is 7. The number of aryl methyl sites for hydroxylation is 1. The molecule has 0 spiro atoms. The maximum atomic E-state index is 11.7. The first-order valence-electron chi connectivity index (χ1n) is 5.63. The molecule has 0 saturated carbocycles. The highest BCUT2D eigenvalue weighted by Gasteiger charge is 2.16. The zero-order valence-electron chi connectivity index (χ0n) is 10.5. The minimum Gasteiger partial charge on any atom is -0.462 e. The van der Waals surface area contributed by atoms with Crippen molar-refractivity contribution in [3.05, 3.63) is 28.9 Å². The summed E-state index contributed by atoms with van der Waals surface area (Å²) >= 11 is 2.87. The van der Waals surface area contributed by atoms with Gasteiger partial charge in [0.2, 0.25) is 0 Å². The molecule has 2 rings (SSSR count). The first-order chi connectivity index (χ1) is 9.11. The second-order valence-corrected chi connectivity index (χ2v) is 5.75. The van der Waals surface area contributed by atoms with E-state index in [9.17, 15) is 4.79 Å². The summed E-state index contributed by atoms with van der Waals surface area (Å²) in [5, 5.41) is 2.52. The first kappa shape index (κ1) is 13.8. The Morgan fingerprint density at radius 2 is 2.37 bits per heavy atom. The summed E-state index contributed by atoms with van der Waals surface area (Å²) in [4.78, 5) is 20.2. The zero-order valence-corrected chi connectivity index (χ0v) is 12.2. The van der Waals surface area contributed by atoms with E-state index in [0.717, 1.165) is 10.0 Å². The lowest BCUT2D eigenvalue weighted by Crippen LogP contribution is -2.09. The Hall–Kier alpha value is -1.60. The van der Waals surface area contributed by atoms with Gasteiger partial charge in [0, 0.05) is 17.3 Å². The molecule has 2 heterocycles. The van der Waals surface area contributed by atoms with Crippen molar-refractivity contribution in [3.8, 4) is 0 Å². The van der Waals surface area contributed by atoms with Crippen LogP contribution in [-0.2, 0) is 4.74 Å². The second kappa shape index (κ2) is 6.03. The Morgan fingerprint density at radius 3 is 3.00 bits per heavy atom. The number of esters is 1. The lowest BCUT2D eigenvalue weighted by atomic mass is 10.2. The molecular formula is C12H13N3O2S2. The van der Waals surface area contributed by atoms with Gasteiger partial charge in [-0.2, -0.15) is 0 Å². The number of rotatable bonds is 4. The minimum absolute atomic E-state index is 0.314. The van der Waals surface area contributed by atoms with Crippen LogP contribution in [0.3, 0.4) is 0 Å². The summed E-state index contributed by atoms with van der Waals surface area (Å²) in [6, 6.07) is 1.56. The highest BCUT2D eigenvalue weighted by molar-refractivity contribution is 8.01. The largest absolute Gasteiger partial charge is 0.462 e. The number of nitrogens with two attached hydrogens (primary N) is 1. The molecule has 0 aliphatic rings. The molecule has 2 N–H and O–H groups in total. The number of ether oxygens (including phenoxy) is 1. The van der Waals surface area contributed by atoms with Crippen LogP contribution in [0.25, 0.3) is 0 Å². The third kappa shape index (κ3) is 3.24. The maximum Gasteiger partial charge on any atom is 0.340 e. The second-order valence-electron chi connectivity index (χ2n) is 3.65. The molecule has 0 fully saturated rings. The summed E-state index contributed by atoms with van der Waals surface area (Å²) < 4.78 is 5.79. The first-order valence-corrected chi connectivity index (χ1v) is 7.33. The van der Waals surface area contributed by atoms with Crippen LogP contribution in [-0.4, -0.2) is 22.5 Å². The van der Waals surface area contributed by atoms with E-state index in [0.29, 0.717) is 22.9 Å². The number of pyridine rings is 1. The molecule has 2 aromatic heterocycles. The van der Waals surface area contributed by atoms with E-state index in [1.165, 1.54) is 23.1 Å². The van der Waals surface area contributed by atoms with E-state index in [4.69, 9.17) is 10.5 Å². The number of aromatic nitrogens is 2. The van der Waals surface area contributed by atoms with Gasteiger partial charge >= 0.3 is 5.97 Å². The van der Waals surface area contributed by atoms with E-state index in [-0.39, 0.29) is 0 Å². The molecule has 100 valence electrons. The SMILES string of the molecule is CCOC(=O)c1ccnc(Sc2nc(C)cs2)c1N. The Labute approximate surface area is 119 Å². The predicted octanol–water partition coefficient (Wildman–Crippen LogP) is 2.76. The van der Waals surface area contributed by atoms with Crippen LogP contribution in [0.2, 0.25) is 0 Å². The third-order valence-electron chi connectivity index (χ3n) is 2.23. The lowest BCUT2D eigenvalue weighted by Gasteiger charge is -2.07. The number of carbonyl (C=O) groups is 1. The van der Waals surface area contributed by atoms with Gasteiger partial charge in [-0.05, 0) is 31.7 Å². The summed E-state index contributed by atoms with van der Waals surface area (Å²) in [6.07, 6.45) is 1.55. The summed E-state index contributed by atoms with van der Waals surface area (Å²) in [5.74, 6) is -0.431. The van der Waals surface area contributed by atoms with Gasteiger partial charge in [-0.1, -0.05) is 0 Å². The molecule has 0 bridgehead atoms. The highest BCUT2D eigenvalue weighted by atomic mass is 32.2. The van der Waals surface area contributed by atoms with Crippen molar-refractivity contribution >= 4 is 34.8 Å². The molecule has 0 unspecified atom stereocenters. The molecule has 2 aromatic rings. The number of hydrogen-bond donors (Lipinski definition) is 1.